The molecule has 0 bridgehead atoms. The van der Waals surface area contributed by atoms with Crippen molar-refractivity contribution in [2.75, 3.05) is 33.4 Å². The van der Waals surface area contributed by atoms with E-state index in [1.165, 1.54) is 6.26 Å². The summed E-state index contributed by atoms with van der Waals surface area (Å²) in [5, 5.41) is 0.534. The van der Waals surface area contributed by atoms with Crippen LogP contribution in [-0.4, -0.2) is 50.5 Å². The number of rotatable bonds is 6. The zero-order valence-electron chi connectivity index (χ0n) is 17.6. The lowest BCUT2D eigenvalue weighted by atomic mass is 10.1. The van der Waals surface area contributed by atoms with Crippen molar-refractivity contribution in [2.24, 2.45) is 0 Å². The number of fused-ring (bicyclic) bond motifs is 1. The highest BCUT2D eigenvalue weighted by Crippen LogP contribution is 2.24. The maximum atomic E-state index is 12.9. The first-order valence-corrected chi connectivity index (χ1v) is 10.2. The summed E-state index contributed by atoms with van der Waals surface area (Å²) in [5.74, 6) is 1.43. The van der Waals surface area contributed by atoms with Gasteiger partial charge in [0, 0.05) is 25.7 Å². The Morgan fingerprint density at radius 3 is 2.43 bits per heavy atom. The van der Waals surface area contributed by atoms with Gasteiger partial charge in [-0.1, -0.05) is 12.1 Å². The number of hydrogen-bond acceptors (Lipinski definition) is 6. The molecule has 0 unspecified atom stereocenters. The highest BCUT2D eigenvalue weighted by Gasteiger charge is 2.21. The Balaban J connectivity index is 1.46. The molecule has 0 amide bonds. The zero-order chi connectivity index (χ0) is 21.1. The van der Waals surface area contributed by atoms with E-state index in [2.05, 4.69) is 18.7 Å². The van der Waals surface area contributed by atoms with Gasteiger partial charge in [0.15, 0.2) is 5.43 Å². The molecule has 2 heterocycles. The summed E-state index contributed by atoms with van der Waals surface area (Å²) in [5.41, 5.74) is 1.77. The van der Waals surface area contributed by atoms with Gasteiger partial charge in [-0.2, -0.15) is 0 Å². The van der Waals surface area contributed by atoms with Crippen LogP contribution in [0.2, 0.25) is 0 Å². The summed E-state index contributed by atoms with van der Waals surface area (Å²) >= 11 is 0. The molecular formula is C24H27NO5. The molecule has 1 aromatic heterocycles. The number of ether oxygens (including phenoxy) is 3. The highest BCUT2D eigenvalue weighted by molar-refractivity contribution is 5.82. The lowest BCUT2D eigenvalue weighted by Crippen LogP contribution is -2.46. The van der Waals surface area contributed by atoms with E-state index in [9.17, 15) is 4.79 Å². The van der Waals surface area contributed by atoms with Crippen molar-refractivity contribution in [1.29, 1.82) is 0 Å². The summed E-state index contributed by atoms with van der Waals surface area (Å²) in [7, 11) is 1.61. The third kappa shape index (κ3) is 4.50. The van der Waals surface area contributed by atoms with Gasteiger partial charge in [0.05, 0.1) is 30.3 Å². The van der Waals surface area contributed by atoms with Crippen molar-refractivity contribution in [3.05, 3.63) is 59.0 Å². The molecule has 0 spiro atoms. The fourth-order valence-corrected chi connectivity index (χ4v) is 3.93. The fourth-order valence-electron chi connectivity index (χ4n) is 3.93. The van der Waals surface area contributed by atoms with Crippen LogP contribution in [0.5, 0.6) is 11.5 Å². The summed E-state index contributed by atoms with van der Waals surface area (Å²) in [6.45, 7) is 7.41. The maximum Gasteiger partial charge on any atom is 0.200 e. The molecule has 1 aliphatic rings. The van der Waals surface area contributed by atoms with E-state index in [4.69, 9.17) is 18.6 Å². The third-order valence-corrected chi connectivity index (χ3v) is 5.32. The first-order valence-electron chi connectivity index (χ1n) is 10.2. The second kappa shape index (κ2) is 8.90. The Morgan fingerprint density at radius 2 is 1.73 bits per heavy atom. The van der Waals surface area contributed by atoms with Crippen LogP contribution < -0.4 is 14.9 Å². The highest BCUT2D eigenvalue weighted by atomic mass is 16.5. The van der Waals surface area contributed by atoms with Gasteiger partial charge in [-0.25, -0.2) is 0 Å². The number of morpholine rings is 1. The molecule has 1 aliphatic heterocycles. The van der Waals surface area contributed by atoms with Crippen LogP contribution in [0, 0.1) is 0 Å². The van der Waals surface area contributed by atoms with Gasteiger partial charge >= 0.3 is 0 Å². The summed E-state index contributed by atoms with van der Waals surface area (Å²) in [4.78, 5) is 15.3. The van der Waals surface area contributed by atoms with E-state index in [0.717, 1.165) is 30.9 Å². The number of nitrogens with zero attached hydrogens (tertiary/aromatic N) is 1. The third-order valence-electron chi connectivity index (χ3n) is 5.32. The fraction of sp³-hybridized carbons (Fsp3) is 0.375. The Labute approximate surface area is 176 Å². The first kappa shape index (κ1) is 20.4. The molecule has 3 aromatic rings. The first-order chi connectivity index (χ1) is 14.5. The van der Waals surface area contributed by atoms with Crippen molar-refractivity contribution < 1.29 is 18.6 Å². The molecule has 0 radical (unpaired) electrons. The molecule has 4 rings (SSSR count). The van der Waals surface area contributed by atoms with E-state index >= 15 is 0 Å². The molecule has 30 heavy (non-hydrogen) atoms. The topological polar surface area (TPSA) is 61.1 Å². The van der Waals surface area contributed by atoms with Gasteiger partial charge in [-0.15, -0.1) is 0 Å². The van der Waals surface area contributed by atoms with Crippen LogP contribution in [0.15, 0.2) is 57.9 Å². The van der Waals surface area contributed by atoms with Crippen LogP contribution in [0.1, 0.15) is 13.8 Å². The number of hydrogen-bond donors (Lipinski definition) is 0. The molecule has 6 heteroatoms. The van der Waals surface area contributed by atoms with E-state index in [1.54, 1.807) is 19.2 Å². The predicted molar refractivity (Wildman–Crippen MR) is 116 cm³/mol. The smallest absolute Gasteiger partial charge is 0.200 e. The van der Waals surface area contributed by atoms with Crippen LogP contribution in [0.4, 0.5) is 0 Å². The molecule has 6 nitrogen and oxygen atoms in total. The maximum absolute atomic E-state index is 12.9. The molecule has 0 aliphatic carbocycles. The molecule has 2 aromatic carbocycles. The second-order valence-corrected chi connectivity index (χ2v) is 7.73. The molecule has 2 atom stereocenters. The quantitative estimate of drug-likeness (QED) is 0.614. The van der Waals surface area contributed by atoms with E-state index in [0.29, 0.717) is 28.9 Å². The van der Waals surface area contributed by atoms with Crippen molar-refractivity contribution in [2.45, 2.75) is 26.1 Å². The Kier molecular flexibility index (Phi) is 6.06. The van der Waals surface area contributed by atoms with Crippen LogP contribution in [-0.2, 0) is 4.74 Å². The standard InChI is InChI=1S/C24H27NO5/c1-16-13-25(14-17(2)30-16)10-11-28-20-8-9-21-23(12-20)29-15-22(24(21)26)18-4-6-19(27-3)7-5-18/h4-9,12,15-17H,10-11,13-14H2,1-3H3/t16-,17-/m1/s1. The Morgan fingerprint density at radius 1 is 1.03 bits per heavy atom. The van der Waals surface area contributed by atoms with Crippen LogP contribution >= 0.6 is 0 Å². The second-order valence-electron chi connectivity index (χ2n) is 7.73. The Bertz CT molecular complexity index is 1050. The van der Waals surface area contributed by atoms with Gasteiger partial charge < -0.3 is 18.6 Å². The van der Waals surface area contributed by atoms with Gasteiger partial charge in [-0.05, 0) is 43.7 Å². The molecule has 1 saturated heterocycles. The molecule has 1 fully saturated rings. The van der Waals surface area contributed by atoms with Gasteiger partial charge in [0.1, 0.15) is 30.0 Å². The molecular weight excluding hydrogens is 382 g/mol. The lowest BCUT2D eigenvalue weighted by Gasteiger charge is -2.35. The van der Waals surface area contributed by atoms with Crippen LogP contribution in [0.3, 0.4) is 0 Å². The summed E-state index contributed by atoms with van der Waals surface area (Å²) < 4.78 is 22.6. The monoisotopic (exact) mass is 409 g/mol. The van der Waals surface area contributed by atoms with E-state index in [1.807, 2.05) is 30.3 Å². The normalized spacial score (nSPS) is 19.7. The largest absolute Gasteiger partial charge is 0.497 e. The van der Waals surface area contributed by atoms with Gasteiger partial charge in [0.25, 0.3) is 0 Å². The minimum Gasteiger partial charge on any atom is -0.497 e. The summed E-state index contributed by atoms with van der Waals surface area (Å²) in [6, 6.07) is 12.7. The lowest BCUT2D eigenvalue weighted by molar-refractivity contribution is -0.0699. The number of methoxy groups -OCH3 is 1. The van der Waals surface area contributed by atoms with Crippen LogP contribution in [0.25, 0.3) is 22.1 Å². The minimum absolute atomic E-state index is 0.0655. The zero-order valence-corrected chi connectivity index (χ0v) is 17.6. The number of benzene rings is 2. The van der Waals surface area contributed by atoms with Crippen molar-refractivity contribution in [1.82, 2.24) is 4.90 Å². The van der Waals surface area contributed by atoms with E-state index in [-0.39, 0.29) is 17.6 Å². The SMILES string of the molecule is COc1ccc(-c2coc3cc(OCCN4C[C@@H](C)O[C@H](C)C4)ccc3c2=O)cc1. The molecule has 0 saturated carbocycles. The molecule has 0 N–H and O–H groups in total. The van der Waals surface area contributed by atoms with E-state index < -0.39 is 0 Å². The average Bonchev–Trinajstić information content (AvgIpc) is 2.73. The minimum atomic E-state index is -0.0655. The summed E-state index contributed by atoms with van der Waals surface area (Å²) in [6.07, 6.45) is 1.99. The average molecular weight is 409 g/mol. The van der Waals surface area contributed by atoms with Crippen molar-refractivity contribution in [3.8, 4) is 22.6 Å². The van der Waals surface area contributed by atoms with Crippen molar-refractivity contribution in [3.63, 3.8) is 0 Å². The Hall–Kier alpha value is -2.83. The predicted octanol–water partition coefficient (Wildman–Crippen LogP) is 3.96. The van der Waals surface area contributed by atoms with Gasteiger partial charge in [-0.3, -0.25) is 9.69 Å². The van der Waals surface area contributed by atoms with Crippen molar-refractivity contribution >= 4 is 11.0 Å². The van der Waals surface area contributed by atoms with Gasteiger partial charge in [0.2, 0.25) is 0 Å². The molecule has 158 valence electrons.